The highest BCUT2D eigenvalue weighted by atomic mass is 35.5. The van der Waals surface area contributed by atoms with Gasteiger partial charge >= 0.3 is 0 Å². The van der Waals surface area contributed by atoms with Gasteiger partial charge in [-0.15, -0.1) is 11.6 Å². The molecule has 5 nitrogen and oxygen atoms in total. The summed E-state index contributed by atoms with van der Waals surface area (Å²) < 4.78 is 28.7. The molecule has 1 aromatic heterocycles. The van der Waals surface area contributed by atoms with Crippen LogP contribution in [0.1, 0.15) is 33.1 Å². The SMILES string of the molecule is CC(C)CN(C1CC1)S(=O)(=O)c1cnn(CCCCl)c1. The maximum atomic E-state index is 12.7. The van der Waals surface area contributed by atoms with Gasteiger partial charge in [0.15, 0.2) is 0 Å². The van der Waals surface area contributed by atoms with Gasteiger partial charge in [-0.25, -0.2) is 8.42 Å². The molecular formula is C13H22ClN3O2S. The fourth-order valence-corrected chi connectivity index (χ4v) is 4.05. The van der Waals surface area contributed by atoms with Gasteiger partial charge in [0.25, 0.3) is 0 Å². The molecular weight excluding hydrogens is 298 g/mol. The van der Waals surface area contributed by atoms with Gasteiger partial charge in [-0.2, -0.15) is 9.40 Å². The number of hydrogen-bond donors (Lipinski definition) is 0. The van der Waals surface area contributed by atoms with E-state index < -0.39 is 10.0 Å². The number of aromatic nitrogens is 2. The van der Waals surface area contributed by atoms with Crippen LogP contribution in [-0.2, 0) is 16.6 Å². The smallest absolute Gasteiger partial charge is 0.246 e. The summed E-state index contributed by atoms with van der Waals surface area (Å²) in [7, 11) is -3.42. The van der Waals surface area contributed by atoms with Gasteiger partial charge in [-0.05, 0) is 25.2 Å². The summed E-state index contributed by atoms with van der Waals surface area (Å²) in [5.41, 5.74) is 0. The van der Waals surface area contributed by atoms with E-state index in [2.05, 4.69) is 5.10 Å². The molecule has 1 heterocycles. The summed E-state index contributed by atoms with van der Waals surface area (Å²) >= 11 is 5.64. The molecule has 0 saturated heterocycles. The van der Waals surface area contributed by atoms with Crippen molar-refractivity contribution in [3.63, 3.8) is 0 Å². The maximum absolute atomic E-state index is 12.7. The summed E-state index contributed by atoms with van der Waals surface area (Å²) in [4.78, 5) is 0.291. The molecule has 0 atom stereocenters. The second kappa shape index (κ2) is 6.45. The molecule has 20 heavy (non-hydrogen) atoms. The molecule has 0 unspecified atom stereocenters. The first-order valence-corrected chi connectivity index (χ1v) is 9.03. The molecule has 0 radical (unpaired) electrons. The standard InChI is InChI=1S/C13H22ClN3O2S/c1-11(2)9-17(12-4-5-12)20(18,19)13-8-15-16(10-13)7-3-6-14/h8,10-12H,3-7,9H2,1-2H3. The normalized spacial score (nSPS) is 16.2. The van der Waals surface area contributed by atoms with Crippen molar-refractivity contribution in [1.82, 2.24) is 14.1 Å². The molecule has 0 aliphatic heterocycles. The molecule has 0 N–H and O–H groups in total. The van der Waals surface area contributed by atoms with Crippen molar-refractivity contribution in [3.8, 4) is 0 Å². The van der Waals surface area contributed by atoms with Gasteiger partial charge in [0.05, 0.1) is 6.20 Å². The van der Waals surface area contributed by atoms with Crippen LogP contribution in [-0.4, -0.2) is 41.0 Å². The minimum atomic E-state index is -3.42. The third-order valence-electron chi connectivity index (χ3n) is 3.24. The first-order chi connectivity index (χ1) is 9.45. The number of alkyl halides is 1. The van der Waals surface area contributed by atoms with E-state index in [1.165, 1.54) is 6.20 Å². The molecule has 1 aromatic rings. The van der Waals surface area contributed by atoms with Gasteiger partial charge in [-0.1, -0.05) is 13.8 Å². The Morgan fingerprint density at radius 3 is 2.75 bits per heavy atom. The molecule has 2 rings (SSSR count). The molecule has 1 fully saturated rings. The van der Waals surface area contributed by atoms with Gasteiger partial charge in [0.1, 0.15) is 4.90 Å². The van der Waals surface area contributed by atoms with Crippen molar-refractivity contribution in [1.29, 1.82) is 0 Å². The van der Waals surface area contributed by atoms with Crippen LogP contribution in [0.4, 0.5) is 0 Å². The van der Waals surface area contributed by atoms with Gasteiger partial charge in [-0.3, -0.25) is 4.68 Å². The Morgan fingerprint density at radius 1 is 1.50 bits per heavy atom. The average Bonchev–Trinajstić information content (AvgIpc) is 3.10. The molecule has 1 aliphatic rings. The Morgan fingerprint density at radius 2 is 2.20 bits per heavy atom. The lowest BCUT2D eigenvalue weighted by molar-refractivity contribution is 0.360. The minimum Gasteiger partial charge on any atom is -0.271 e. The van der Waals surface area contributed by atoms with Gasteiger partial charge in [0, 0.05) is 31.2 Å². The van der Waals surface area contributed by atoms with Crippen LogP contribution in [0.15, 0.2) is 17.3 Å². The van der Waals surface area contributed by atoms with Crippen LogP contribution in [0.2, 0.25) is 0 Å². The highest BCUT2D eigenvalue weighted by molar-refractivity contribution is 7.89. The summed E-state index contributed by atoms with van der Waals surface area (Å²) in [5, 5.41) is 4.11. The van der Waals surface area contributed by atoms with Crippen LogP contribution in [0.3, 0.4) is 0 Å². The molecule has 114 valence electrons. The van der Waals surface area contributed by atoms with Gasteiger partial charge in [0.2, 0.25) is 10.0 Å². The number of hydrogen-bond acceptors (Lipinski definition) is 3. The monoisotopic (exact) mass is 319 g/mol. The van der Waals surface area contributed by atoms with Crippen molar-refractivity contribution in [2.24, 2.45) is 5.92 Å². The number of rotatable bonds is 8. The summed E-state index contributed by atoms with van der Waals surface area (Å²) in [6, 6.07) is 0.175. The summed E-state index contributed by atoms with van der Waals surface area (Å²) in [5.74, 6) is 0.861. The Kier molecular flexibility index (Phi) is 5.09. The van der Waals surface area contributed by atoms with Crippen molar-refractivity contribution in [2.75, 3.05) is 12.4 Å². The highest BCUT2D eigenvalue weighted by Crippen LogP contribution is 2.32. The van der Waals surface area contributed by atoms with E-state index in [0.29, 0.717) is 29.8 Å². The highest BCUT2D eigenvalue weighted by Gasteiger charge is 2.38. The van der Waals surface area contributed by atoms with Crippen molar-refractivity contribution in [3.05, 3.63) is 12.4 Å². The zero-order chi connectivity index (χ0) is 14.8. The predicted octanol–water partition coefficient (Wildman–Crippen LogP) is 2.32. The van der Waals surface area contributed by atoms with Crippen LogP contribution in [0.25, 0.3) is 0 Å². The third kappa shape index (κ3) is 3.74. The van der Waals surface area contributed by atoms with E-state index in [-0.39, 0.29) is 6.04 Å². The molecule has 1 aliphatic carbocycles. The second-order valence-electron chi connectivity index (χ2n) is 5.68. The number of aryl methyl sites for hydroxylation is 1. The lowest BCUT2D eigenvalue weighted by Crippen LogP contribution is -2.35. The Balaban J connectivity index is 2.17. The number of nitrogens with zero attached hydrogens (tertiary/aromatic N) is 3. The third-order valence-corrected chi connectivity index (χ3v) is 5.37. The zero-order valence-electron chi connectivity index (χ0n) is 12.0. The molecule has 1 saturated carbocycles. The molecule has 0 spiro atoms. The average molecular weight is 320 g/mol. The van der Waals surface area contributed by atoms with Crippen LogP contribution >= 0.6 is 11.6 Å². The fourth-order valence-electron chi connectivity index (χ4n) is 2.12. The van der Waals surface area contributed by atoms with Crippen molar-refractivity contribution >= 4 is 21.6 Å². The predicted molar refractivity (Wildman–Crippen MR) is 79.3 cm³/mol. The first kappa shape index (κ1) is 15.8. The van der Waals surface area contributed by atoms with Crippen molar-refractivity contribution < 1.29 is 8.42 Å². The zero-order valence-corrected chi connectivity index (χ0v) is 13.6. The molecule has 7 heteroatoms. The Hall–Kier alpha value is -0.590. The lowest BCUT2D eigenvalue weighted by atomic mass is 10.2. The number of halogens is 1. The van der Waals surface area contributed by atoms with Crippen LogP contribution < -0.4 is 0 Å². The van der Waals surface area contributed by atoms with Crippen molar-refractivity contribution in [2.45, 2.75) is 50.6 Å². The van der Waals surface area contributed by atoms with E-state index in [1.54, 1.807) is 15.2 Å². The van der Waals surface area contributed by atoms with Crippen LogP contribution in [0.5, 0.6) is 0 Å². The molecule has 0 bridgehead atoms. The Labute approximate surface area is 126 Å². The molecule has 0 amide bonds. The van der Waals surface area contributed by atoms with E-state index in [4.69, 9.17) is 11.6 Å². The maximum Gasteiger partial charge on any atom is 0.246 e. The van der Waals surface area contributed by atoms with Crippen LogP contribution in [0, 0.1) is 5.92 Å². The second-order valence-corrected chi connectivity index (χ2v) is 7.95. The lowest BCUT2D eigenvalue weighted by Gasteiger charge is -2.22. The minimum absolute atomic E-state index is 0.175. The quantitative estimate of drug-likeness (QED) is 0.691. The van der Waals surface area contributed by atoms with E-state index in [9.17, 15) is 8.42 Å². The van der Waals surface area contributed by atoms with E-state index in [0.717, 1.165) is 19.3 Å². The van der Waals surface area contributed by atoms with Gasteiger partial charge < -0.3 is 0 Å². The van der Waals surface area contributed by atoms with E-state index in [1.807, 2.05) is 13.8 Å². The summed E-state index contributed by atoms with van der Waals surface area (Å²) in [6.07, 6.45) is 5.76. The molecule has 0 aromatic carbocycles. The summed E-state index contributed by atoms with van der Waals surface area (Å²) in [6.45, 7) is 5.29. The number of sulfonamides is 1. The first-order valence-electron chi connectivity index (χ1n) is 7.05. The largest absolute Gasteiger partial charge is 0.271 e. The fraction of sp³-hybridized carbons (Fsp3) is 0.769. The van der Waals surface area contributed by atoms with E-state index >= 15 is 0 Å². The topological polar surface area (TPSA) is 55.2 Å². The Bertz CT molecular complexity index is 538.